The lowest BCUT2D eigenvalue weighted by atomic mass is 10.00. The highest BCUT2D eigenvalue weighted by Crippen LogP contribution is 2.28. The zero-order chi connectivity index (χ0) is 13.2. The van der Waals surface area contributed by atoms with Gasteiger partial charge in [0.1, 0.15) is 6.07 Å². The topological polar surface area (TPSA) is 56.0 Å². The van der Waals surface area contributed by atoms with Crippen LogP contribution in [-0.2, 0) is 0 Å². The number of hydrogen-bond acceptors (Lipinski definition) is 3. The molecule has 0 aliphatic heterocycles. The van der Waals surface area contributed by atoms with E-state index in [2.05, 4.69) is 5.32 Å². The Kier molecular flexibility index (Phi) is 4.03. The summed E-state index contributed by atoms with van der Waals surface area (Å²) in [5, 5.41) is 22.4. The van der Waals surface area contributed by atoms with Crippen molar-refractivity contribution >= 4 is 17.3 Å². The number of nitrogens with zero attached hydrogens (tertiary/aromatic N) is 1. The summed E-state index contributed by atoms with van der Waals surface area (Å²) in [4.78, 5) is 0. The van der Waals surface area contributed by atoms with Crippen LogP contribution in [0.25, 0.3) is 0 Å². The van der Waals surface area contributed by atoms with Crippen LogP contribution in [0.4, 0.5) is 5.69 Å². The average molecular weight is 253 g/mol. The largest absolute Gasteiger partial charge is 0.388 e. The van der Waals surface area contributed by atoms with E-state index in [0.29, 0.717) is 10.6 Å². The molecule has 0 heterocycles. The van der Waals surface area contributed by atoms with Gasteiger partial charge in [-0.2, -0.15) is 5.26 Å². The summed E-state index contributed by atoms with van der Waals surface area (Å²) < 4.78 is 0. The van der Waals surface area contributed by atoms with E-state index in [4.69, 9.17) is 16.9 Å². The molecule has 0 aromatic heterocycles. The predicted molar refractivity (Wildman–Crippen MR) is 70.3 cm³/mol. The van der Waals surface area contributed by atoms with Gasteiger partial charge in [-0.25, -0.2) is 0 Å². The Labute approximate surface area is 107 Å². The molecule has 92 valence electrons. The van der Waals surface area contributed by atoms with Gasteiger partial charge in [-0.1, -0.05) is 11.6 Å². The second kappa shape index (κ2) is 4.95. The Hall–Kier alpha value is -1.24. The van der Waals surface area contributed by atoms with Gasteiger partial charge in [-0.15, -0.1) is 0 Å². The quantitative estimate of drug-likeness (QED) is 0.869. The van der Waals surface area contributed by atoms with Gasteiger partial charge in [0.05, 0.1) is 22.2 Å². The van der Waals surface area contributed by atoms with Crippen LogP contribution in [0, 0.1) is 18.3 Å². The highest BCUT2D eigenvalue weighted by atomic mass is 35.5. The number of benzene rings is 1. The minimum absolute atomic E-state index is 0.120. The number of rotatable bonds is 3. The normalized spacial score (nSPS) is 13.0. The summed E-state index contributed by atoms with van der Waals surface area (Å²) in [6.07, 6.45) is 0. The lowest BCUT2D eigenvalue weighted by molar-refractivity contribution is 0.0649. The molecular formula is C13H17ClN2O. The van der Waals surface area contributed by atoms with Crippen molar-refractivity contribution in [1.82, 2.24) is 0 Å². The highest BCUT2D eigenvalue weighted by Gasteiger charge is 2.22. The van der Waals surface area contributed by atoms with E-state index in [9.17, 15) is 5.11 Å². The monoisotopic (exact) mass is 252 g/mol. The van der Waals surface area contributed by atoms with Crippen LogP contribution in [0.1, 0.15) is 31.9 Å². The van der Waals surface area contributed by atoms with Crippen molar-refractivity contribution in [2.75, 3.05) is 5.32 Å². The molecule has 0 saturated heterocycles. The molecule has 0 fully saturated rings. The van der Waals surface area contributed by atoms with E-state index in [1.807, 2.05) is 26.0 Å². The minimum atomic E-state index is -0.827. The SMILES string of the molecule is Cc1c(N[C@@H](C)C(C)(C)O)ccc(C#N)c1Cl. The van der Waals surface area contributed by atoms with Crippen molar-refractivity contribution < 1.29 is 5.11 Å². The fourth-order valence-electron chi connectivity index (χ4n) is 1.34. The van der Waals surface area contributed by atoms with Crippen LogP contribution in [0.3, 0.4) is 0 Å². The molecule has 2 N–H and O–H groups in total. The molecule has 1 atom stereocenters. The number of nitrogens with one attached hydrogen (secondary N) is 1. The molecule has 0 aliphatic rings. The highest BCUT2D eigenvalue weighted by molar-refractivity contribution is 6.32. The third-order valence-corrected chi connectivity index (χ3v) is 3.43. The van der Waals surface area contributed by atoms with E-state index in [1.165, 1.54) is 0 Å². The van der Waals surface area contributed by atoms with Crippen molar-refractivity contribution in [3.05, 3.63) is 28.3 Å². The minimum Gasteiger partial charge on any atom is -0.388 e. The summed E-state index contributed by atoms with van der Waals surface area (Å²) in [6, 6.07) is 5.40. The van der Waals surface area contributed by atoms with Gasteiger partial charge in [-0.05, 0) is 45.4 Å². The smallest absolute Gasteiger partial charge is 0.101 e. The Morgan fingerprint density at radius 3 is 2.53 bits per heavy atom. The van der Waals surface area contributed by atoms with Gasteiger partial charge in [0, 0.05) is 5.69 Å². The van der Waals surface area contributed by atoms with Gasteiger partial charge in [0.15, 0.2) is 0 Å². The molecular weight excluding hydrogens is 236 g/mol. The van der Waals surface area contributed by atoms with E-state index >= 15 is 0 Å². The summed E-state index contributed by atoms with van der Waals surface area (Å²) in [6.45, 7) is 7.23. The van der Waals surface area contributed by atoms with E-state index in [1.54, 1.807) is 19.9 Å². The number of nitriles is 1. The second-order valence-electron chi connectivity index (χ2n) is 4.73. The first-order valence-electron chi connectivity index (χ1n) is 5.45. The van der Waals surface area contributed by atoms with Crippen LogP contribution in [0.15, 0.2) is 12.1 Å². The van der Waals surface area contributed by atoms with Crippen molar-refractivity contribution in [3.8, 4) is 6.07 Å². The first-order chi connectivity index (χ1) is 7.77. The Morgan fingerprint density at radius 2 is 2.06 bits per heavy atom. The molecule has 1 rings (SSSR count). The molecule has 0 saturated carbocycles. The lowest BCUT2D eigenvalue weighted by Crippen LogP contribution is -2.39. The molecule has 0 aliphatic carbocycles. The van der Waals surface area contributed by atoms with Crippen LogP contribution >= 0.6 is 11.6 Å². The maximum absolute atomic E-state index is 9.86. The Morgan fingerprint density at radius 1 is 1.47 bits per heavy atom. The van der Waals surface area contributed by atoms with E-state index < -0.39 is 5.60 Å². The van der Waals surface area contributed by atoms with Gasteiger partial charge in [-0.3, -0.25) is 0 Å². The maximum Gasteiger partial charge on any atom is 0.101 e. The summed E-state index contributed by atoms with van der Waals surface area (Å²) in [7, 11) is 0. The van der Waals surface area contributed by atoms with Crippen molar-refractivity contribution in [2.45, 2.75) is 39.3 Å². The van der Waals surface area contributed by atoms with Crippen LogP contribution in [0.2, 0.25) is 5.02 Å². The molecule has 4 heteroatoms. The van der Waals surface area contributed by atoms with Gasteiger partial charge >= 0.3 is 0 Å². The third-order valence-electron chi connectivity index (χ3n) is 2.94. The molecule has 0 amide bonds. The molecule has 0 spiro atoms. The number of halogens is 1. The molecule has 3 nitrogen and oxygen atoms in total. The maximum atomic E-state index is 9.86. The number of anilines is 1. The molecule has 1 aromatic rings. The second-order valence-corrected chi connectivity index (χ2v) is 5.11. The Bertz CT molecular complexity index is 458. The van der Waals surface area contributed by atoms with Gasteiger partial charge < -0.3 is 10.4 Å². The van der Waals surface area contributed by atoms with Gasteiger partial charge in [0.25, 0.3) is 0 Å². The fraction of sp³-hybridized carbons (Fsp3) is 0.462. The number of hydrogen-bond donors (Lipinski definition) is 2. The van der Waals surface area contributed by atoms with Crippen LogP contribution in [0.5, 0.6) is 0 Å². The third kappa shape index (κ3) is 3.12. The standard InChI is InChI=1S/C13H17ClN2O/c1-8-11(16-9(2)13(3,4)17)6-5-10(7-15)12(8)14/h5-6,9,16-17H,1-4H3/t9-/m0/s1. The van der Waals surface area contributed by atoms with Crippen molar-refractivity contribution in [3.63, 3.8) is 0 Å². The first kappa shape index (κ1) is 13.8. The fourth-order valence-corrected chi connectivity index (χ4v) is 1.54. The molecule has 17 heavy (non-hydrogen) atoms. The molecule has 1 aromatic carbocycles. The van der Waals surface area contributed by atoms with Crippen molar-refractivity contribution in [2.24, 2.45) is 0 Å². The summed E-state index contributed by atoms with van der Waals surface area (Å²) in [5.41, 5.74) is 1.29. The van der Waals surface area contributed by atoms with E-state index in [0.717, 1.165) is 11.3 Å². The van der Waals surface area contributed by atoms with Gasteiger partial charge in [0.2, 0.25) is 0 Å². The van der Waals surface area contributed by atoms with E-state index in [-0.39, 0.29) is 6.04 Å². The zero-order valence-corrected chi connectivity index (χ0v) is 11.3. The summed E-state index contributed by atoms with van der Waals surface area (Å²) in [5.74, 6) is 0. The average Bonchev–Trinajstić information content (AvgIpc) is 2.23. The van der Waals surface area contributed by atoms with Crippen LogP contribution in [-0.4, -0.2) is 16.7 Å². The predicted octanol–water partition coefficient (Wildman–Crippen LogP) is 3.09. The molecule has 0 bridgehead atoms. The lowest BCUT2D eigenvalue weighted by Gasteiger charge is -2.28. The zero-order valence-electron chi connectivity index (χ0n) is 10.5. The van der Waals surface area contributed by atoms with Crippen molar-refractivity contribution in [1.29, 1.82) is 5.26 Å². The number of aliphatic hydroxyl groups is 1. The summed E-state index contributed by atoms with van der Waals surface area (Å²) >= 11 is 6.07. The van der Waals surface area contributed by atoms with Crippen LogP contribution < -0.4 is 5.32 Å². The first-order valence-corrected chi connectivity index (χ1v) is 5.83. The Balaban J connectivity index is 3.03. The molecule has 0 radical (unpaired) electrons. The molecule has 0 unspecified atom stereocenters.